The van der Waals surface area contributed by atoms with Gasteiger partial charge in [0, 0.05) is 16.9 Å². The minimum absolute atomic E-state index is 0.168. The van der Waals surface area contributed by atoms with Gasteiger partial charge in [-0.05, 0) is 67.2 Å². The van der Waals surface area contributed by atoms with Gasteiger partial charge in [0.05, 0.1) is 12.2 Å². The summed E-state index contributed by atoms with van der Waals surface area (Å²) in [5.74, 6) is 0.00687. The van der Waals surface area contributed by atoms with Crippen molar-refractivity contribution in [2.75, 3.05) is 17.2 Å². The highest BCUT2D eigenvalue weighted by Crippen LogP contribution is 2.19. The maximum absolute atomic E-state index is 12.7. The molecule has 3 rings (SSSR count). The zero-order chi connectivity index (χ0) is 23.5. The van der Waals surface area contributed by atoms with Crippen molar-refractivity contribution < 1.29 is 14.3 Å². The van der Waals surface area contributed by atoms with Crippen LogP contribution in [0.2, 0.25) is 0 Å². The summed E-state index contributed by atoms with van der Waals surface area (Å²) in [4.78, 5) is 25.0. The third-order valence-corrected chi connectivity index (χ3v) is 5.00. The number of ether oxygens (including phenoxy) is 1. The van der Waals surface area contributed by atoms with Gasteiger partial charge in [-0.3, -0.25) is 14.9 Å². The molecule has 0 aromatic heterocycles. The second-order valence-electron chi connectivity index (χ2n) is 7.36. The number of unbranched alkanes of at least 4 members (excludes halogenated alkanes) is 2. The molecule has 0 fully saturated rings. The molecule has 3 N–H and O–H groups in total. The van der Waals surface area contributed by atoms with Crippen LogP contribution >= 0.6 is 12.2 Å². The molecule has 0 atom stereocenters. The maximum Gasteiger partial charge on any atom is 0.261 e. The van der Waals surface area contributed by atoms with Crippen molar-refractivity contribution in [3.8, 4) is 5.75 Å². The molecule has 0 aliphatic rings. The summed E-state index contributed by atoms with van der Waals surface area (Å²) < 4.78 is 5.78. The van der Waals surface area contributed by atoms with Crippen LogP contribution in [0.1, 0.15) is 46.9 Å². The number of hydrogen-bond donors (Lipinski definition) is 3. The molecule has 6 nitrogen and oxygen atoms in total. The number of amides is 2. The van der Waals surface area contributed by atoms with E-state index in [0.717, 1.165) is 19.3 Å². The highest BCUT2D eigenvalue weighted by atomic mass is 32.1. The van der Waals surface area contributed by atoms with Crippen LogP contribution in [0.4, 0.5) is 11.4 Å². The summed E-state index contributed by atoms with van der Waals surface area (Å²) in [6.07, 6.45) is 3.12. The summed E-state index contributed by atoms with van der Waals surface area (Å²) in [7, 11) is 0. The smallest absolute Gasteiger partial charge is 0.261 e. The lowest BCUT2D eigenvalue weighted by molar-refractivity contribution is 0.0972. The van der Waals surface area contributed by atoms with Gasteiger partial charge >= 0.3 is 0 Å². The van der Waals surface area contributed by atoms with Crippen molar-refractivity contribution in [3.05, 3.63) is 90.0 Å². The molecule has 0 unspecified atom stereocenters. The Morgan fingerprint density at radius 2 is 1.42 bits per heavy atom. The van der Waals surface area contributed by atoms with Crippen LogP contribution in [-0.4, -0.2) is 23.5 Å². The Morgan fingerprint density at radius 1 is 0.788 bits per heavy atom. The fraction of sp³-hybridized carbons (Fsp3) is 0.192. The van der Waals surface area contributed by atoms with E-state index in [0.29, 0.717) is 34.9 Å². The topological polar surface area (TPSA) is 79.5 Å². The molecule has 170 valence electrons. The quantitative estimate of drug-likeness (QED) is 0.284. The van der Waals surface area contributed by atoms with E-state index in [2.05, 4.69) is 22.9 Å². The standard InChI is InChI=1S/C26H27N3O3S/c1-2-3-9-18-32-23-13-8-7-12-22(23)25(31)29-26(33)28-21-16-14-20(15-17-21)27-24(30)19-10-5-4-6-11-19/h4-8,10-17H,2-3,9,18H2,1H3,(H,27,30)(H2,28,29,31,33). The molecule has 3 aromatic rings. The lowest BCUT2D eigenvalue weighted by Gasteiger charge is -2.13. The summed E-state index contributed by atoms with van der Waals surface area (Å²) in [5.41, 5.74) is 2.34. The number of hydrogen-bond acceptors (Lipinski definition) is 4. The molecule has 0 heterocycles. The predicted octanol–water partition coefficient (Wildman–Crippen LogP) is 5.63. The third kappa shape index (κ3) is 7.43. The minimum Gasteiger partial charge on any atom is -0.493 e. The van der Waals surface area contributed by atoms with Gasteiger partial charge in [-0.2, -0.15) is 0 Å². The van der Waals surface area contributed by atoms with Crippen molar-refractivity contribution in [2.24, 2.45) is 0 Å². The average molecular weight is 462 g/mol. The normalized spacial score (nSPS) is 10.2. The first-order chi connectivity index (χ1) is 16.1. The van der Waals surface area contributed by atoms with E-state index in [9.17, 15) is 9.59 Å². The van der Waals surface area contributed by atoms with Crippen LogP contribution in [0.3, 0.4) is 0 Å². The molecule has 0 aliphatic carbocycles. The Labute approximate surface area is 199 Å². The van der Waals surface area contributed by atoms with E-state index in [-0.39, 0.29) is 16.9 Å². The van der Waals surface area contributed by atoms with Crippen molar-refractivity contribution in [1.29, 1.82) is 0 Å². The molecule has 3 aromatic carbocycles. The van der Waals surface area contributed by atoms with Crippen LogP contribution < -0.4 is 20.7 Å². The van der Waals surface area contributed by atoms with Crippen LogP contribution in [0.25, 0.3) is 0 Å². The summed E-state index contributed by atoms with van der Waals surface area (Å²) >= 11 is 5.29. The SMILES string of the molecule is CCCCCOc1ccccc1C(=O)NC(=S)Nc1ccc(NC(=O)c2ccccc2)cc1. The predicted molar refractivity (Wildman–Crippen MR) is 136 cm³/mol. The molecule has 0 saturated carbocycles. The van der Waals surface area contributed by atoms with Gasteiger partial charge in [0.15, 0.2) is 5.11 Å². The average Bonchev–Trinajstić information content (AvgIpc) is 2.84. The lowest BCUT2D eigenvalue weighted by atomic mass is 10.2. The molecule has 0 bridgehead atoms. The largest absolute Gasteiger partial charge is 0.493 e. The molecule has 2 amide bonds. The fourth-order valence-electron chi connectivity index (χ4n) is 3.08. The number of benzene rings is 3. The number of carbonyl (C=O) groups is 2. The third-order valence-electron chi connectivity index (χ3n) is 4.80. The van der Waals surface area contributed by atoms with E-state index < -0.39 is 0 Å². The first-order valence-electron chi connectivity index (χ1n) is 10.9. The maximum atomic E-state index is 12.7. The van der Waals surface area contributed by atoms with Gasteiger partial charge in [-0.1, -0.05) is 50.1 Å². The minimum atomic E-state index is -0.342. The van der Waals surface area contributed by atoms with E-state index in [1.807, 2.05) is 24.3 Å². The van der Waals surface area contributed by atoms with Crippen molar-refractivity contribution in [1.82, 2.24) is 5.32 Å². The number of rotatable bonds is 9. The Balaban J connectivity index is 1.53. The molecular weight excluding hydrogens is 434 g/mol. The van der Waals surface area contributed by atoms with E-state index in [1.54, 1.807) is 54.6 Å². The zero-order valence-electron chi connectivity index (χ0n) is 18.5. The Kier molecular flexibility index (Phi) is 8.97. The summed E-state index contributed by atoms with van der Waals surface area (Å²) in [5, 5.41) is 8.68. The van der Waals surface area contributed by atoms with Crippen molar-refractivity contribution >= 4 is 40.5 Å². The molecule has 0 radical (unpaired) electrons. The van der Waals surface area contributed by atoms with Gasteiger partial charge in [-0.15, -0.1) is 0 Å². The first-order valence-corrected chi connectivity index (χ1v) is 11.3. The number of para-hydroxylation sites is 1. The van der Waals surface area contributed by atoms with Crippen LogP contribution in [0, 0.1) is 0 Å². The number of anilines is 2. The van der Waals surface area contributed by atoms with Crippen LogP contribution in [-0.2, 0) is 0 Å². The number of carbonyl (C=O) groups excluding carboxylic acids is 2. The molecule has 0 saturated heterocycles. The second kappa shape index (κ2) is 12.4. The second-order valence-corrected chi connectivity index (χ2v) is 7.77. The zero-order valence-corrected chi connectivity index (χ0v) is 19.3. The van der Waals surface area contributed by atoms with Gasteiger partial charge in [-0.25, -0.2) is 0 Å². The van der Waals surface area contributed by atoms with Crippen LogP contribution in [0.15, 0.2) is 78.9 Å². The van der Waals surface area contributed by atoms with Crippen LogP contribution in [0.5, 0.6) is 5.75 Å². The molecule has 0 spiro atoms. The van der Waals surface area contributed by atoms with E-state index in [4.69, 9.17) is 17.0 Å². The number of thiocarbonyl (C=S) groups is 1. The Hall–Kier alpha value is -3.71. The number of nitrogens with one attached hydrogen (secondary N) is 3. The highest BCUT2D eigenvalue weighted by molar-refractivity contribution is 7.80. The Morgan fingerprint density at radius 3 is 2.12 bits per heavy atom. The highest BCUT2D eigenvalue weighted by Gasteiger charge is 2.14. The summed E-state index contributed by atoms with van der Waals surface area (Å²) in [6, 6.07) is 23.1. The molecular formula is C26H27N3O3S. The Bertz CT molecular complexity index is 1090. The van der Waals surface area contributed by atoms with E-state index in [1.165, 1.54) is 0 Å². The van der Waals surface area contributed by atoms with Gasteiger partial charge in [0.2, 0.25) is 0 Å². The molecule has 7 heteroatoms. The summed E-state index contributed by atoms with van der Waals surface area (Å²) in [6.45, 7) is 2.69. The lowest BCUT2D eigenvalue weighted by Crippen LogP contribution is -2.34. The van der Waals surface area contributed by atoms with E-state index >= 15 is 0 Å². The van der Waals surface area contributed by atoms with Gasteiger partial charge in [0.25, 0.3) is 11.8 Å². The molecule has 0 aliphatic heterocycles. The fourth-order valence-corrected chi connectivity index (χ4v) is 3.29. The van der Waals surface area contributed by atoms with Crippen molar-refractivity contribution in [2.45, 2.75) is 26.2 Å². The van der Waals surface area contributed by atoms with Gasteiger partial charge in [0.1, 0.15) is 5.75 Å². The first kappa shape index (κ1) is 23.9. The van der Waals surface area contributed by atoms with Crippen molar-refractivity contribution in [3.63, 3.8) is 0 Å². The van der Waals surface area contributed by atoms with Gasteiger partial charge < -0.3 is 15.4 Å². The monoisotopic (exact) mass is 461 g/mol. The molecule has 33 heavy (non-hydrogen) atoms.